The van der Waals surface area contributed by atoms with Crippen LogP contribution in [-0.4, -0.2) is 0 Å². The predicted octanol–water partition coefficient (Wildman–Crippen LogP) is 4.45. The lowest BCUT2D eigenvalue weighted by Gasteiger charge is -2.00. The first kappa shape index (κ1) is 11.0. The van der Waals surface area contributed by atoms with Crippen molar-refractivity contribution in [2.75, 3.05) is 0 Å². The van der Waals surface area contributed by atoms with Crippen molar-refractivity contribution < 1.29 is 0 Å². The van der Waals surface area contributed by atoms with E-state index >= 15 is 0 Å². The molecule has 0 unspecified atom stereocenters. The number of allylic oxidation sites excluding steroid dienone is 1. The highest BCUT2D eigenvalue weighted by molar-refractivity contribution is 5.52. The van der Waals surface area contributed by atoms with Gasteiger partial charge in [-0.05, 0) is 37.8 Å². The molecule has 0 fully saturated rings. The summed E-state index contributed by atoms with van der Waals surface area (Å²) in [5, 5.41) is 0. The van der Waals surface area contributed by atoms with E-state index in [-0.39, 0.29) is 0 Å². The second kappa shape index (κ2) is 5.64. The van der Waals surface area contributed by atoms with Gasteiger partial charge in [0.1, 0.15) is 0 Å². The van der Waals surface area contributed by atoms with Gasteiger partial charge in [-0.25, -0.2) is 0 Å². The third kappa shape index (κ3) is 3.78. The fourth-order valence-corrected chi connectivity index (χ4v) is 1.49. The number of aryl methyl sites for hydroxylation is 1. The molecule has 76 valence electrons. The molecule has 0 aliphatic rings. The minimum atomic E-state index is 1.21. The van der Waals surface area contributed by atoms with Crippen molar-refractivity contribution in [3.8, 4) is 0 Å². The van der Waals surface area contributed by atoms with Crippen LogP contribution in [-0.2, 0) is 6.42 Å². The first-order chi connectivity index (χ1) is 6.72. The number of hydrogen-bond acceptors (Lipinski definition) is 0. The van der Waals surface area contributed by atoms with Gasteiger partial charge in [-0.1, -0.05) is 49.3 Å². The van der Waals surface area contributed by atoms with E-state index in [9.17, 15) is 0 Å². The van der Waals surface area contributed by atoms with E-state index in [1.54, 1.807) is 0 Å². The first-order valence-electron chi connectivity index (χ1n) is 5.46. The number of hydrogen-bond donors (Lipinski definition) is 0. The van der Waals surface area contributed by atoms with Gasteiger partial charge in [-0.3, -0.25) is 0 Å². The van der Waals surface area contributed by atoms with Gasteiger partial charge in [0, 0.05) is 0 Å². The minimum Gasteiger partial charge on any atom is -0.0758 e. The quantitative estimate of drug-likeness (QED) is 0.654. The van der Waals surface area contributed by atoms with E-state index in [2.05, 4.69) is 51.1 Å². The van der Waals surface area contributed by atoms with Crippen LogP contribution in [0.4, 0.5) is 0 Å². The maximum Gasteiger partial charge on any atom is -0.0257 e. The summed E-state index contributed by atoms with van der Waals surface area (Å²) >= 11 is 0. The summed E-state index contributed by atoms with van der Waals surface area (Å²) in [6, 6.07) is 8.89. The van der Waals surface area contributed by atoms with Gasteiger partial charge in [-0.2, -0.15) is 0 Å². The molecule has 0 nitrogen and oxygen atoms in total. The Kier molecular flexibility index (Phi) is 4.45. The summed E-state index contributed by atoms with van der Waals surface area (Å²) in [4.78, 5) is 0. The Labute approximate surface area is 87.7 Å². The molecule has 0 atom stereocenters. The zero-order valence-electron chi connectivity index (χ0n) is 9.51. The highest BCUT2D eigenvalue weighted by atomic mass is 14.0. The van der Waals surface area contributed by atoms with Crippen LogP contribution < -0.4 is 0 Å². The molecule has 0 aliphatic carbocycles. The Morgan fingerprint density at radius 1 is 1.14 bits per heavy atom. The average molecular weight is 188 g/mol. The summed E-state index contributed by atoms with van der Waals surface area (Å²) in [6.07, 6.45) is 5.99. The molecule has 0 bridgehead atoms. The Morgan fingerprint density at radius 2 is 1.79 bits per heavy atom. The van der Waals surface area contributed by atoms with E-state index in [4.69, 9.17) is 0 Å². The van der Waals surface area contributed by atoms with E-state index in [1.807, 2.05) is 0 Å². The summed E-state index contributed by atoms with van der Waals surface area (Å²) in [7, 11) is 0. The van der Waals surface area contributed by atoms with Gasteiger partial charge < -0.3 is 0 Å². The van der Waals surface area contributed by atoms with Crippen molar-refractivity contribution >= 4 is 6.08 Å². The van der Waals surface area contributed by atoms with Crippen LogP contribution in [0.1, 0.15) is 44.7 Å². The van der Waals surface area contributed by atoms with Gasteiger partial charge in [0.2, 0.25) is 0 Å². The maximum absolute atomic E-state index is 2.24. The maximum atomic E-state index is 2.24. The number of benzene rings is 1. The van der Waals surface area contributed by atoms with Crippen LogP contribution >= 0.6 is 0 Å². The van der Waals surface area contributed by atoms with Crippen LogP contribution in [0.25, 0.3) is 6.08 Å². The van der Waals surface area contributed by atoms with E-state index < -0.39 is 0 Å². The van der Waals surface area contributed by atoms with Gasteiger partial charge in [0.15, 0.2) is 0 Å². The Morgan fingerprint density at radius 3 is 2.29 bits per heavy atom. The molecule has 14 heavy (non-hydrogen) atoms. The standard InChI is InChI=1S/C14H20/c1-4-5-6-13-7-9-14(10-8-13)11-12(2)3/h7-11H,4-6H2,1-3H3. The summed E-state index contributed by atoms with van der Waals surface area (Å²) in [5.41, 5.74) is 4.12. The van der Waals surface area contributed by atoms with Crippen molar-refractivity contribution in [3.05, 3.63) is 41.0 Å². The Hall–Kier alpha value is -1.04. The minimum absolute atomic E-state index is 1.21. The second-order valence-corrected chi connectivity index (χ2v) is 4.07. The van der Waals surface area contributed by atoms with Gasteiger partial charge in [-0.15, -0.1) is 0 Å². The number of unbranched alkanes of at least 4 members (excludes halogenated alkanes) is 1. The lowest BCUT2D eigenvalue weighted by molar-refractivity contribution is 0.795. The van der Waals surface area contributed by atoms with Crippen molar-refractivity contribution in [1.82, 2.24) is 0 Å². The molecule has 0 saturated heterocycles. The van der Waals surface area contributed by atoms with Crippen LogP contribution in [0, 0.1) is 0 Å². The van der Waals surface area contributed by atoms with Gasteiger partial charge in [0.25, 0.3) is 0 Å². The molecular formula is C14H20. The molecule has 0 heteroatoms. The molecule has 0 saturated carbocycles. The van der Waals surface area contributed by atoms with Crippen molar-refractivity contribution in [2.45, 2.75) is 40.0 Å². The second-order valence-electron chi connectivity index (χ2n) is 4.07. The molecular weight excluding hydrogens is 168 g/mol. The monoisotopic (exact) mass is 188 g/mol. The lowest BCUT2D eigenvalue weighted by atomic mass is 10.1. The van der Waals surface area contributed by atoms with Crippen LogP contribution in [0.15, 0.2) is 29.8 Å². The summed E-state index contributed by atoms with van der Waals surface area (Å²) < 4.78 is 0. The van der Waals surface area contributed by atoms with Crippen LogP contribution in [0.2, 0.25) is 0 Å². The first-order valence-corrected chi connectivity index (χ1v) is 5.46. The highest BCUT2D eigenvalue weighted by Gasteiger charge is 1.92. The molecule has 0 N–H and O–H groups in total. The van der Waals surface area contributed by atoms with Crippen LogP contribution in [0.3, 0.4) is 0 Å². The van der Waals surface area contributed by atoms with Crippen molar-refractivity contribution in [2.24, 2.45) is 0 Å². The molecule has 0 heterocycles. The molecule has 0 aliphatic heterocycles. The summed E-state index contributed by atoms with van der Waals surface area (Å²) in [6.45, 7) is 6.49. The SMILES string of the molecule is CCCCc1ccc(C=C(C)C)cc1. The topological polar surface area (TPSA) is 0 Å². The molecule has 1 aromatic rings. The fourth-order valence-electron chi connectivity index (χ4n) is 1.49. The Bertz CT molecular complexity index is 286. The zero-order valence-corrected chi connectivity index (χ0v) is 9.51. The van der Waals surface area contributed by atoms with Crippen molar-refractivity contribution in [3.63, 3.8) is 0 Å². The van der Waals surface area contributed by atoms with E-state index in [0.717, 1.165) is 0 Å². The molecule has 0 amide bonds. The molecule has 1 aromatic carbocycles. The van der Waals surface area contributed by atoms with Gasteiger partial charge >= 0.3 is 0 Å². The molecule has 0 radical (unpaired) electrons. The Balaban J connectivity index is 2.64. The lowest BCUT2D eigenvalue weighted by Crippen LogP contribution is -1.84. The molecule has 1 rings (SSSR count). The largest absolute Gasteiger partial charge is 0.0758 e. The van der Waals surface area contributed by atoms with E-state index in [0.29, 0.717) is 0 Å². The van der Waals surface area contributed by atoms with Gasteiger partial charge in [0.05, 0.1) is 0 Å². The predicted molar refractivity (Wildman–Crippen MR) is 64.4 cm³/mol. The highest BCUT2D eigenvalue weighted by Crippen LogP contribution is 2.10. The smallest absolute Gasteiger partial charge is 0.0257 e. The summed E-state index contributed by atoms with van der Waals surface area (Å²) in [5.74, 6) is 0. The molecule has 0 spiro atoms. The zero-order chi connectivity index (χ0) is 10.4. The fraction of sp³-hybridized carbons (Fsp3) is 0.429. The third-order valence-corrected chi connectivity index (χ3v) is 2.25. The molecule has 0 aromatic heterocycles. The third-order valence-electron chi connectivity index (χ3n) is 2.25. The average Bonchev–Trinajstić information content (AvgIpc) is 2.16. The normalized spacial score (nSPS) is 9.93. The van der Waals surface area contributed by atoms with E-state index in [1.165, 1.54) is 36.0 Å². The van der Waals surface area contributed by atoms with Crippen LogP contribution in [0.5, 0.6) is 0 Å². The van der Waals surface area contributed by atoms with Crippen molar-refractivity contribution in [1.29, 1.82) is 0 Å². The number of rotatable bonds is 4.